The number of aryl methyl sites for hydroxylation is 1. The van der Waals surface area contributed by atoms with Gasteiger partial charge in [0.2, 0.25) is 0 Å². The maximum atomic E-state index is 11.6. The molecule has 1 aromatic heterocycles. The highest BCUT2D eigenvalue weighted by atomic mass is 16.4. The van der Waals surface area contributed by atoms with Crippen molar-refractivity contribution in [3.05, 3.63) is 48.0 Å². The number of carbonyl (C=O) groups is 1. The van der Waals surface area contributed by atoms with Crippen LogP contribution in [0.5, 0.6) is 0 Å². The molecule has 2 N–H and O–H groups in total. The van der Waals surface area contributed by atoms with Gasteiger partial charge in [0.15, 0.2) is 0 Å². The van der Waals surface area contributed by atoms with Gasteiger partial charge < -0.3 is 15.0 Å². The fraction of sp³-hybridized carbons (Fsp3) is 0.500. The second-order valence-electron chi connectivity index (χ2n) is 7.01. The number of imidazole rings is 1. The SMILES string of the molecule is Cc1cc(CN[C@@H]2CCCCCC[C@@H]2C(=O)O)ccc1-n1ccnc1. The second-order valence-corrected chi connectivity index (χ2v) is 7.01. The first-order chi connectivity index (χ1) is 12.1. The Hall–Kier alpha value is -2.14. The van der Waals surface area contributed by atoms with Crippen LogP contribution in [-0.2, 0) is 11.3 Å². The Bertz CT molecular complexity index is 697. The molecule has 5 heteroatoms. The summed E-state index contributed by atoms with van der Waals surface area (Å²) in [6, 6.07) is 6.43. The van der Waals surface area contributed by atoms with Crippen LogP contribution in [0.15, 0.2) is 36.9 Å². The lowest BCUT2D eigenvalue weighted by Crippen LogP contribution is -2.40. The van der Waals surface area contributed by atoms with Crippen LogP contribution in [0.3, 0.4) is 0 Å². The number of rotatable bonds is 5. The molecule has 0 unspecified atom stereocenters. The minimum Gasteiger partial charge on any atom is -0.481 e. The Morgan fingerprint density at radius 2 is 2.08 bits per heavy atom. The Morgan fingerprint density at radius 3 is 2.76 bits per heavy atom. The largest absolute Gasteiger partial charge is 0.481 e. The first-order valence-electron chi connectivity index (χ1n) is 9.19. The molecule has 0 saturated heterocycles. The zero-order valence-electron chi connectivity index (χ0n) is 14.8. The summed E-state index contributed by atoms with van der Waals surface area (Å²) >= 11 is 0. The molecule has 1 aliphatic rings. The molecule has 25 heavy (non-hydrogen) atoms. The van der Waals surface area contributed by atoms with Crippen LogP contribution >= 0.6 is 0 Å². The number of hydrogen-bond donors (Lipinski definition) is 2. The molecule has 1 fully saturated rings. The lowest BCUT2D eigenvalue weighted by molar-refractivity contribution is -0.143. The number of nitrogens with one attached hydrogen (secondary N) is 1. The number of carboxylic acids is 1. The topological polar surface area (TPSA) is 67.2 Å². The van der Waals surface area contributed by atoms with Crippen molar-refractivity contribution in [3.8, 4) is 5.69 Å². The zero-order valence-corrected chi connectivity index (χ0v) is 14.8. The summed E-state index contributed by atoms with van der Waals surface area (Å²) in [5.41, 5.74) is 3.49. The Morgan fingerprint density at radius 1 is 1.28 bits per heavy atom. The number of benzene rings is 1. The van der Waals surface area contributed by atoms with Gasteiger partial charge in [0.05, 0.1) is 12.2 Å². The molecule has 0 radical (unpaired) electrons. The monoisotopic (exact) mass is 341 g/mol. The van der Waals surface area contributed by atoms with Gasteiger partial charge in [-0.25, -0.2) is 4.98 Å². The molecule has 1 aromatic carbocycles. The number of aliphatic carboxylic acids is 1. The Kier molecular flexibility index (Phi) is 5.87. The third-order valence-corrected chi connectivity index (χ3v) is 5.20. The summed E-state index contributed by atoms with van der Waals surface area (Å²) in [7, 11) is 0. The molecule has 5 nitrogen and oxygen atoms in total. The highest BCUT2D eigenvalue weighted by Crippen LogP contribution is 2.24. The first-order valence-corrected chi connectivity index (χ1v) is 9.19. The van der Waals surface area contributed by atoms with Gasteiger partial charge in [-0.1, -0.05) is 37.8 Å². The molecule has 0 bridgehead atoms. The maximum Gasteiger partial charge on any atom is 0.308 e. The number of aromatic nitrogens is 2. The van der Waals surface area contributed by atoms with Crippen LogP contribution in [0.2, 0.25) is 0 Å². The van der Waals surface area contributed by atoms with Gasteiger partial charge in [0.1, 0.15) is 0 Å². The van der Waals surface area contributed by atoms with E-state index in [0.29, 0.717) is 6.54 Å². The van der Waals surface area contributed by atoms with E-state index in [-0.39, 0.29) is 12.0 Å². The fourth-order valence-corrected chi connectivity index (χ4v) is 3.79. The predicted octanol–water partition coefficient (Wildman–Crippen LogP) is 3.69. The zero-order chi connectivity index (χ0) is 17.6. The minimum atomic E-state index is -0.661. The summed E-state index contributed by atoms with van der Waals surface area (Å²) in [5, 5.41) is 13.1. The van der Waals surface area contributed by atoms with Crippen LogP contribution < -0.4 is 5.32 Å². The normalized spacial score (nSPS) is 21.5. The lowest BCUT2D eigenvalue weighted by Gasteiger charge is -2.27. The van der Waals surface area contributed by atoms with Crippen molar-refractivity contribution in [2.24, 2.45) is 5.92 Å². The van der Waals surface area contributed by atoms with Gasteiger partial charge in [-0.05, 0) is 37.0 Å². The van der Waals surface area contributed by atoms with Crippen molar-refractivity contribution in [1.29, 1.82) is 0 Å². The van der Waals surface area contributed by atoms with Gasteiger partial charge in [-0.2, -0.15) is 0 Å². The third kappa shape index (κ3) is 4.48. The van der Waals surface area contributed by atoms with E-state index in [4.69, 9.17) is 0 Å². The lowest BCUT2D eigenvalue weighted by atomic mass is 9.86. The van der Waals surface area contributed by atoms with E-state index in [2.05, 4.69) is 35.4 Å². The van der Waals surface area contributed by atoms with E-state index in [1.54, 1.807) is 12.5 Å². The van der Waals surface area contributed by atoms with Crippen molar-refractivity contribution in [2.45, 2.75) is 58.0 Å². The van der Waals surface area contributed by atoms with Crippen LogP contribution in [0.25, 0.3) is 5.69 Å². The van der Waals surface area contributed by atoms with Crippen molar-refractivity contribution in [3.63, 3.8) is 0 Å². The van der Waals surface area contributed by atoms with Crippen molar-refractivity contribution >= 4 is 5.97 Å². The van der Waals surface area contributed by atoms with E-state index >= 15 is 0 Å². The summed E-state index contributed by atoms with van der Waals surface area (Å²) in [5.74, 6) is -0.933. The number of hydrogen-bond acceptors (Lipinski definition) is 3. The maximum absolute atomic E-state index is 11.6. The third-order valence-electron chi connectivity index (χ3n) is 5.20. The summed E-state index contributed by atoms with van der Waals surface area (Å²) < 4.78 is 2.00. The van der Waals surface area contributed by atoms with E-state index in [1.165, 1.54) is 17.5 Å². The van der Waals surface area contributed by atoms with Crippen LogP contribution in [0.1, 0.15) is 49.7 Å². The quantitative estimate of drug-likeness (QED) is 0.870. The molecule has 2 atom stereocenters. The average molecular weight is 341 g/mol. The second kappa shape index (κ2) is 8.30. The van der Waals surface area contributed by atoms with Crippen LogP contribution in [-0.4, -0.2) is 26.7 Å². The first kappa shape index (κ1) is 17.7. The van der Waals surface area contributed by atoms with E-state index in [0.717, 1.165) is 37.8 Å². The van der Waals surface area contributed by atoms with Gasteiger partial charge in [-0.15, -0.1) is 0 Å². The van der Waals surface area contributed by atoms with E-state index in [1.807, 2.05) is 10.8 Å². The smallest absolute Gasteiger partial charge is 0.308 e. The number of nitrogens with zero attached hydrogens (tertiary/aromatic N) is 2. The number of carboxylic acid groups (broad SMARTS) is 1. The van der Waals surface area contributed by atoms with Gasteiger partial charge in [0.25, 0.3) is 0 Å². The molecule has 0 aliphatic heterocycles. The summed E-state index contributed by atoms with van der Waals surface area (Å²) in [6.45, 7) is 2.80. The molecule has 0 amide bonds. The standard InChI is InChI=1S/C20H27N3O2/c1-15-12-16(8-9-19(15)23-11-10-21-14-23)13-22-18-7-5-3-2-4-6-17(18)20(24)25/h8-12,14,17-18,22H,2-7,13H2,1H3,(H,24,25)/t17-,18+/m0/s1. The molecule has 3 rings (SSSR count). The molecular weight excluding hydrogens is 314 g/mol. The molecule has 0 spiro atoms. The highest BCUT2D eigenvalue weighted by molar-refractivity contribution is 5.70. The molecule has 1 heterocycles. The Balaban J connectivity index is 1.67. The van der Waals surface area contributed by atoms with Crippen molar-refractivity contribution < 1.29 is 9.90 Å². The summed E-state index contributed by atoms with van der Waals surface area (Å²) in [6.07, 6.45) is 11.7. The van der Waals surface area contributed by atoms with Gasteiger partial charge >= 0.3 is 5.97 Å². The molecule has 134 valence electrons. The van der Waals surface area contributed by atoms with E-state index < -0.39 is 5.97 Å². The molecule has 1 aliphatic carbocycles. The fourth-order valence-electron chi connectivity index (χ4n) is 3.79. The van der Waals surface area contributed by atoms with Crippen LogP contribution in [0.4, 0.5) is 0 Å². The van der Waals surface area contributed by atoms with Gasteiger partial charge in [0, 0.05) is 30.7 Å². The molecule has 2 aromatic rings. The van der Waals surface area contributed by atoms with Crippen LogP contribution in [0, 0.1) is 12.8 Å². The predicted molar refractivity (Wildman–Crippen MR) is 97.8 cm³/mol. The minimum absolute atomic E-state index is 0.0615. The molecular formula is C20H27N3O2. The Labute approximate surface area is 149 Å². The van der Waals surface area contributed by atoms with E-state index in [9.17, 15) is 9.90 Å². The molecule has 1 saturated carbocycles. The van der Waals surface area contributed by atoms with Crippen molar-refractivity contribution in [1.82, 2.24) is 14.9 Å². The van der Waals surface area contributed by atoms with Crippen molar-refractivity contribution in [2.75, 3.05) is 0 Å². The summed E-state index contributed by atoms with van der Waals surface area (Å²) in [4.78, 5) is 15.7. The highest BCUT2D eigenvalue weighted by Gasteiger charge is 2.28. The average Bonchev–Trinajstić information content (AvgIpc) is 3.08. The van der Waals surface area contributed by atoms with Gasteiger partial charge in [-0.3, -0.25) is 4.79 Å².